The summed E-state index contributed by atoms with van der Waals surface area (Å²) < 4.78 is 0. The molecule has 0 rings (SSSR count). The maximum Gasteiger partial charge on any atom is 0.105 e. The SMILES string of the molecule is BC(CCCC)CCCCCCCC. The van der Waals surface area contributed by atoms with Gasteiger partial charge in [-0.15, -0.1) is 0 Å². The Morgan fingerprint density at radius 3 is 1.86 bits per heavy atom. The van der Waals surface area contributed by atoms with Gasteiger partial charge in [0.25, 0.3) is 0 Å². The summed E-state index contributed by atoms with van der Waals surface area (Å²) in [6, 6.07) is 0. The number of hydrogen-bond donors (Lipinski definition) is 0. The van der Waals surface area contributed by atoms with E-state index < -0.39 is 0 Å². The fourth-order valence-electron chi connectivity index (χ4n) is 1.97. The Balaban J connectivity index is 3.02. The molecule has 14 heavy (non-hydrogen) atoms. The highest BCUT2D eigenvalue weighted by Crippen LogP contribution is 2.19. The molecule has 0 aromatic rings. The van der Waals surface area contributed by atoms with Gasteiger partial charge in [-0.2, -0.15) is 0 Å². The van der Waals surface area contributed by atoms with Crippen LogP contribution in [0.5, 0.6) is 0 Å². The van der Waals surface area contributed by atoms with E-state index in [4.69, 9.17) is 0 Å². The minimum atomic E-state index is 0.973. The van der Waals surface area contributed by atoms with Crippen LogP contribution < -0.4 is 0 Å². The van der Waals surface area contributed by atoms with Crippen molar-refractivity contribution in [3.8, 4) is 0 Å². The predicted octanol–water partition coefficient (Wildman–Crippen LogP) is 4.35. The van der Waals surface area contributed by atoms with Crippen LogP contribution in [0.2, 0.25) is 5.82 Å². The zero-order valence-corrected chi connectivity index (χ0v) is 10.6. The zero-order valence-electron chi connectivity index (χ0n) is 10.6. The molecule has 0 amide bonds. The molecule has 1 unspecified atom stereocenters. The van der Waals surface area contributed by atoms with E-state index in [0.717, 1.165) is 5.82 Å². The maximum absolute atomic E-state index is 2.42. The van der Waals surface area contributed by atoms with Gasteiger partial charge < -0.3 is 0 Å². The van der Waals surface area contributed by atoms with Crippen LogP contribution in [-0.2, 0) is 0 Å². The van der Waals surface area contributed by atoms with Gasteiger partial charge in [0.1, 0.15) is 7.85 Å². The molecule has 0 aliphatic carbocycles. The lowest BCUT2D eigenvalue weighted by Gasteiger charge is -2.09. The van der Waals surface area contributed by atoms with Crippen molar-refractivity contribution >= 4 is 7.85 Å². The average Bonchev–Trinajstić information content (AvgIpc) is 2.20. The highest BCUT2D eigenvalue weighted by atomic mass is 14.0. The Bertz CT molecular complexity index is 101. The third kappa shape index (κ3) is 10.1. The maximum atomic E-state index is 2.42. The van der Waals surface area contributed by atoms with Crippen LogP contribution in [0, 0.1) is 0 Å². The lowest BCUT2D eigenvalue weighted by atomic mass is 9.79. The van der Waals surface area contributed by atoms with Crippen molar-refractivity contribution in [3.05, 3.63) is 0 Å². The van der Waals surface area contributed by atoms with E-state index >= 15 is 0 Å². The average molecular weight is 196 g/mol. The Morgan fingerprint density at radius 2 is 1.21 bits per heavy atom. The molecule has 0 saturated heterocycles. The van der Waals surface area contributed by atoms with Gasteiger partial charge in [-0.05, 0) is 0 Å². The van der Waals surface area contributed by atoms with Gasteiger partial charge >= 0.3 is 0 Å². The second-order valence-electron chi connectivity index (χ2n) is 4.80. The Kier molecular flexibility index (Phi) is 11.2. The second-order valence-corrected chi connectivity index (χ2v) is 4.80. The van der Waals surface area contributed by atoms with Crippen LogP contribution in [0.4, 0.5) is 0 Å². The first-order valence-corrected chi connectivity index (χ1v) is 6.81. The van der Waals surface area contributed by atoms with Crippen molar-refractivity contribution in [1.82, 2.24) is 0 Å². The van der Waals surface area contributed by atoms with Gasteiger partial charge in [0.15, 0.2) is 0 Å². The van der Waals surface area contributed by atoms with Crippen molar-refractivity contribution in [2.24, 2.45) is 0 Å². The molecule has 0 spiro atoms. The monoisotopic (exact) mass is 196 g/mol. The third-order valence-electron chi connectivity index (χ3n) is 3.10. The van der Waals surface area contributed by atoms with Gasteiger partial charge in [0.05, 0.1) is 0 Å². The van der Waals surface area contributed by atoms with E-state index in [2.05, 4.69) is 21.7 Å². The van der Waals surface area contributed by atoms with E-state index in [1.165, 1.54) is 64.2 Å². The first-order valence-electron chi connectivity index (χ1n) is 6.81. The molecular formula is C13H29B. The second kappa shape index (κ2) is 11.1. The summed E-state index contributed by atoms with van der Waals surface area (Å²) in [7, 11) is 2.42. The highest BCUT2D eigenvalue weighted by molar-refractivity contribution is 6.11. The molecule has 0 aliphatic rings. The Hall–Kier alpha value is 0.0649. The van der Waals surface area contributed by atoms with Gasteiger partial charge in [0.2, 0.25) is 0 Å². The van der Waals surface area contributed by atoms with Gasteiger partial charge in [0, 0.05) is 0 Å². The molecule has 0 fully saturated rings. The summed E-state index contributed by atoms with van der Waals surface area (Å²) >= 11 is 0. The zero-order chi connectivity index (χ0) is 10.6. The molecule has 0 radical (unpaired) electrons. The molecule has 0 aromatic heterocycles. The Labute approximate surface area is 92.3 Å². The van der Waals surface area contributed by atoms with Crippen molar-refractivity contribution in [3.63, 3.8) is 0 Å². The molecule has 0 heterocycles. The molecule has 84 valence electrons. The van der Waals surface area contributed by atoms with E-state index in [-0.39, 0.29) is 0 Å². The molecule has 0 aliphatic heterocycles. The topological polar surface area (TPSA) is 0 Å². The van der Waals surface area contributed by atoms with Gasteiger partial charge in [-0.1, -0.05) is 83.9 Å². The van der Waals surface area contributed by atoms with Crippen molar-refractivity contribution in [2.45, 2.75) is 83.9 Å². The normalized spacial score (nSPS) is 13.0. The van der Waals surface area contributed by atoms with E-state index in [0.29, 0.717) is 0 Å². The molecule has 1 heteroatoms. The first kappa shape index (κ1) is 14.1. The number of rotatable bonds is 10. The summed E-state index contributed by atoms with van der Waals surface area (Å²) in [5.41, 5.74) is 0. The smallest absolute Gasteiger partial charge is 0.0697 e. The third-order valence-corrected chi connectivity index (χ3v) is 3.10. The molecule has 1 atom stereocenters. The minimum Gasteiger partial charge on any atom is -0.0697 e. The minimum absolute atomic E-state index is 0.973. The predicted molar refractivity (Wildman–Crippen MR) is 69.8 cm³/mol. The molecule has 0 aromatic carbocycles. The fourth-order valence-corrected chi connectivity index (χ4v) is 1.97. The summed E-state index contributed by atoms with van der Waals surface area (Å²) in [4.78, 5) is 0. The van der Waals surface area contributed by atoms with Crippen molar-refractivity contribution in [1.29, 1.82) is 0 Å². The van der Waals surface area contributed by atoms with E-state index in [1.54, 1.807) is 0 Å². The van der Waals surface area contributed by atoms with Crippen LogP contribution in [0.25, 0.3) is 0 Å². The number of unbranched alkanes of at least 4 members (excludes halogenated alkanes) is 6. The van der Waals surface area contributed by atoms with E-state index in [9.17, 15) is 0 Å². The van der Waals surface area contributed by atoms with Crippen molar-refractivity contribution < 1.29 is 0 Å². The summed E-state index contributed by atoms with van der Waals surface area (Å²) in [6.07, 6.45) is 14.4. The largest absolute Gasteiger partial charge is 0.105 e. The molecule has 0 N–H and O–H groups in total. The number of hydrogen-bond acceptors (Lipinski definition) is 0. The fraction of sp³-hybridized carbons (Fsp3) is 1.00. The lowest BCUT2D eigenvalue weighted by molar-refractivity contribution is 0.554. The Morgan fingerprint density at radius 1 is 0.714 bits per heavy atom. The molecular weight excluding hydrogens is 167 g/mol. The first-order chi connectivity index (χ1) is 6.81. The van der Waals surface area contributed by atoms with Gasteiger partial charge in [-0.25, -0.2) is 0 Å². The molecule has 0 saturated carbocycles. The quantitative estimate of drug-likeness (QED) is 0.360. The standard InChI is InChI=1S/C13H29B/c1-3-5-7-8-9-10-12-13(14)11-6-4-2/h13H,3-12,14H2,1-2H3. The molecule has 0 nitrogen and oxygen atoms in total. The lowest BCUT2D eigenvalue weighted by Crippen LogP contribution is -1.92. The van der Waals surface area contributed by atoms with Crippen LogP contribution in [0.1, 0.15) is 78.1 Å². The van der Waals surface area contributed by atoms with Crippen LogP contribution in [0.15, 0.2) is 0 Å². The summed E-state index contributed by atoms with van der Waals surface area (Å²) in [5, 5.41) is 0. The summed E-state index contributed by atoms with van der Waals surface area (Å²) in [6.45, 7) is 4.57. The summed E-state index contributed by atoms with van der Waals surface area (Å²) in [5.74, 6) is 0.973. The van der Waals surface area contributed by atoms with Crippen LogP contribution >= 0.6 is 0 Å². The van der Waals surface area contributed by atoms with E-state index in [1.807, 2.05) is 0 Å². The highest BCUT2D eigenvalue weighted by Gasteiger charge is 2.00. The van der Waals surface area contributed by atoms with Crippen molar-refractivity contribution in [2.75, 3.05) is 0 Å². The van der Waals surface area contributed by atoms with Crippen LogP contribution in [0.3, 0.4) is 0 Å². The van der Waals surface area contributed by atoms with Gasteiger partial charge in [-0.3, -0.25) is 0 Å². The molecule has 0 bridgehead atoms. The van der Waals surface area contributed by atoms with Crippen LogP contribution in [-0.4, -0.2) is 7.85 Å².